The van der Waals surface area contributed by atoms with Gasteiger partial charge in [0.25, 0.3) is 11.5 Å². The first-order chi connectivity index (χ1) is 20.2. The van der Waals surface area contributed by atoms with E-state index in [1.54, 1.807) is 31.2 Å². The van der Waals surface area contributed by atoms with Crippen LogP contribution in [0.3, 0.4) is 0 Å². The molecule has 0 unspecified atom stereocenters. The first-order valence-electron chi connectivity index (χ1n) is 12.4. The number of aryl methyl sites for hydroxylation is 1. The highest BCUT2D eigenvalue weighted by molar-refractivity contribution is 5.94. The van der Waals surface area contributed by atoms with Gasteiger partial charge in [-0.3, -0.25) is 19.1 Å². The Morgan fingerprint density at radius 1 is 1.29 bits per heavy atom. The van der Waals surface area contributed by atoms with Crippen LogP contribution >= 0.6 is 0 Å². The van der Waals surface area contributed by atoms with E-state index in [0.717, 1.165) is 16.3 Å². The van der Waals surface area contributed by atoms with Crippen LogP contribution in [0.1, 0.15) is 40.1 Å². The van der Waals surface area contributed by atoms with Crippen LogP contribution in [0.2, 0.25) is 0 Å². The zero-order chi connectivity index (χ0) is 30.2. The molecule has 0 saturated carbocycles. The van der Waals surface area contributed by atoms with E-state index in [1.807, 2.05) is 0 Å². The number of aromatic nitrogens is 5. The number of nitrogens with one attached hydrogen (secondary N) is 1. The predicted octanol–water partition coefficient (Wildman–Crippen LogP) is 2.64. The molecular weight excluding hydrogens is 555 g/mol. The number of carbonyl (C=O) groups excluding carboxylic acids is 1. The maximum atomic E-state index is 12.9. The van der Waals surface area contributed by atoms with Crippen molar-refractivity contribution in [1.29, 1.82) is 0 Å². The third-order valence-electron chi connectivity index (χ3n) is 6.15. The number of aliphatic hydroxyl groups excluding tert-OH is 2. The van der Waals surface area contributed by atoms with E-state index in [1.165, 1.54) is 35.6 Å². The van der Waals surface area contributed by atoms with Gasteiger partial charge >= 0.3 is 5.69 Å². The van der Waals surface area contributed by atoms with Crippen LogP contribution in [0.5, 0.6) is 0 Å². The zero-order valence-corrected chi connectivity index (χ0v) is 22.1. The molecule has 15 nitrogen and oxygen atoms in total. The summed E-state index contributed by atoms with van der Waals surface area (Å²) in [6.07, 6.45) is 4.22. The molecule has 0 radical (unpaired) electrons. The van der Waals surface area contributed by atoms with Gasteiger partial charge in [0.1, 0.15) is 30.5 Å². The summed E-state index contributed by atoms with van der Waals surface area (Å²) < 4.78 is 26.0. The minimum Gasteiger partial charge on any atom is -0.504 e. The zero-order valence-electron chi connectivity index (χ0n) is 22.1. The molecular formula is C26H25FN8O7. The Bertz CT molecular complexity index is 1720. The molecule has 1 aromatic carbocycles. The molecule has 3 N–H and O–H groups in total. The van der Waals surface area contributed by atoms with Crippen molar-refractivity contribution in [2.24, 2.45) is 5.11 Å². The molecule has 1 aliphatic rings. The molecule has 0 bridgehead atoms. The van der Waals surface area contributed by atoms with Crippen LogP contribution in [0.15, 0.2) is 80.4 Å². The van der Waals surface area contributed by atoms with Gasteiger partial charge in [-0.15, -0.1) is 0 Å². The second-order valence-corrected chi connectivity index (χ2v) is 9.08. The van der Waals surface area contributed by atoms with E-state index in [-0.39, 0.29) is 30.4 Å². The van der Waals surface area contributed by atoms with E-state index in [9.17, 15) is 23.9 Å². The Morgan fingerprint density at radius 3 is 2.71 bits per heavy atom. The summed E-state index contributed by atoms with van der Waals surface area (Å²) >= 11 is 0. The van der Waals surface area contributed by atoms with Gasteiger partial charge in [0.2, 0.25) is 0 Å². The summed E-state index contributed by atoms with van der Waals surface area (Å²) in [7, 11) is 0. The van der Waals surface area contributed by atoms with Crippen molar-refractivity contribution in [1.82, 2.24) is 24.3 Å². The maximum Gasteiger partial charge on any atom is 0.330 e. The van der Waals surface area contributed by atoms with Crippen molar-refractivity contribution < 1.29 is 28.6 Å². The number of aliphatic hydroxyl groups is 2. The van der Waals surface area contributed by atoms with Crippen molar-refractivity contribution in [3.63, 3.8) is 0 Å². The molecule has 1 fully saturated rings. The van der Waals surface area contributed by atoms with E-state index < -0.39 is 35.5 Å². The van der Waals surface area contributed by atoms with Gasteiger partial charge in [-0.05, 0) is 42.3 Å². The third-order valence-corrected chi connectivity index (χ3v) is 6.15. The van der Waals surface area contributed by atoms with Gasteiger partial charge in [0.15, 0.2) is 11.5 Å². The van der Waals surface area contributed by atoms with E-state index in [0.29, 0.717) is 17.7 Å². The predicted molar refractivity (Wildman–Crippen MR) is 144 cm³/mol. The van der Waals surface area contributed by atoms with Gasteiger partial charge in [-0.25, -0.2) is 14.2 Å². The summed E-state index contributed by atoms with van der Waals surface area (Å²) in [5.41, 5.74) is 8.63. The SMILES string of the molecule is Cc1cn([C@H]2C[C@H](N=[N+]=[N-])[C@@H](CO)O2)c(=O)[nH]c1=O.O=C(/C=C(\O)c1ccc(Cc2ccc(F)cc2)o1)n1cncn1. The molecule has 3 aromatic heterocycles. The highest BCUT2D eigenvalue weighted by atomic mass is 19.1. The maximum absolute atomic E-state index is 12.9. The van der Waals surface area contributed by atoms with E-state index in [4.69, 9.17) is 19.8 Å². The molecule has 5 rings (SSSR count). The number of benzene rings is 1. The summed E-state index contributed by atoms with van der Waals surface area (Å²) in [6, 6.07) is 8.74. The molecule has 1 aliphatic heterocycles. The molecule has 4 aromatic rings. The average molecular weight is 581 g/mol. The van der Waals surface area contributed by atoms with Crippen LogP contribution in [0, 0.1) is 12.7 Å². The number of aromatic amines is 1. The molecule has 1 saturated heterocycles. The van der Waals surface area contributed by atoms with Gasteiger partial charge < -0.3 is 19.4 Å². The summed E-state index contributed by atoms with van der Waals surface area (Å²) in [5, 5.41) is 26.3. The number of halogens is 1. The number of hydrogen-bond acceptors (Lipinski definition) is 10. The van der Waals surface area contributed by atoms with Gasteiger partial charge in [-0.2, -0.15) is 9.78 Å². The first kappa shape index (κ1) is 29.7. The molecule has 16 heteroatoms. The molecule has 0 amide bonds. The van der Waals surface area contributed by atoms with Crippen LogP contribution in [0.25, 0.3) is 16.2 Å². The Morgan fingerprint density at radius 2 is 2.05 bits per heavy atom. The monoisotopic (exact) mass is 580 g/mol. The normalized spacial score (nSPS) is 18.2. The van der Waals surface area contributed by atoms with Gasteiger partial charge in [0.05, 0.1) is 24.8 Å². The van der Waals surface area contributed by atoms with Crippen molar-refractivity contribution in [3.05, 3.63) is 121 Å². The highest BCUT2D eigenvalue weighted by Gasteiger charge is 2.35. The minimum atomic E-state index is -0.671. The fourth-order valence-electron chi connectivity index (χ4n) is 4.03. The number of H-pyrrole nitrogens is 1. The molecule has 3 atom stereocenters. The lowest BCUT2D eigenvalue weighted by Gasteiger charge is -2.14. The second kappa shape index (κ2) is 13.4. The Labute approximate surface area is 235 Å². The molecule has 0 spiro atoms. The van der Waals surface area contributed by atoms with Crippen LogP contribution < -0.4 is 11.2 Å². The average Bonchev–Trinajstić information content (AvgIpc) is 3.74. The molecule has 4 heterocycles. The highest BCUT2D eigenvalue weighted by Crippen LogP contribution is 2.29. The van der Waals surface area contributed by atoms with Gasteiger partial charge in [-0.1, -0.05) is 17.2 Å². The lowest BCUT2D eigenvalue weighted by Crippen LogP contribution is -2.33. The van der Waals surface area contributed by atoms with Crippen molar-refractivity contribution >= 4 is 11.7 Å². The standard InChI is InChI=1S/C16H12FN3O3.C10H13N5O4/c17-12-3-1-11(2-4-12)7-13-5-6-15(23-13)14(21)8-16(22)20-10-18-9-19-20;1-5-3-15(10(18)12-9(5)17)8-2-6(13-14-11)7(4-16)19-8/h1-6,8-10,21H,7H2;3,6-8,16H,2,4H2,1H3,(H,12,17,18)/b14-8-;/t;6-,7+,8+/m.0/s1. The number of furan rings is 1. The number of carbonyl (C=O) groups is 1. The number of allylic oxidation sites excluding steroid dienone is 1. The number of nitrogens with zero attached hydrogens (tertiary/aromatic N) is 7. The number of rotatable bonds is 7. The smallest absolute Gasteiger partial charge is 0.330 e. The van der Waals surface area contributed by atoms with Crippen molar-refractivity contribution in [3.8, 4) is 0 Å². The Kier molecular flexibility index (Phi) is 9.44. The number of azide groups is 1. The van der Waals surface area contributed by atoms with Gasteiger partial charge in [0, 0.05) is 29.5 Å². The summed E-state index contributed by atoms with van der Waals surface area (Å²) in [4.78, 5) is 43.3. The van der Waals surface area contributed by atoms with Crippen molar-refractivity contribution in [2.75, 3.05) is 6.61 Å². The third kappa shape index (κ3) is 7.25. The van der Waals surface area contributed by atoms with E-state index >= 15 is 0 Å². The second-order valence-electron chi connectivity index (χ2n) is 9.08. The topological polar surface area (TPSA) is 214 Å². The Hall–Kier alpha value is -5.31. The Balaban J connectivity index is 0.000000197. The number of hydrogen-bond donors (Lipinski definition) is 3. The fraction of sp³-hybridized carbons (Fsp3) is 0.269. The molecule has 218 valence electrons. The van der Waals surface area contributed by atoms with Crippen LogP contribution in [-0.2, 0) is 11.2 Å². The first-order valence-corrected chi connectivity index (χ1v) is 12.4. The quantitative estimate of drug-likeness (QED) is 0.0961. The number of ether oxygens (including phenoxy) is 1. The lowest BCUT2D eigenvalue weighted by atomic mass is 10.1. The fourth-order valence-corrected chi connectivity index (χ4v) is 4.03. The summed E-state index contributed by atoms with van der Waals surface area (Å²) in [6.45, 7) is 1.26. The molecule has 42 heavy (non-hydrogen) atoms. The largest absolute Gasteiger partial charge is 0.504 e. The minimum absolute atomic E-state index is 0.163. The van der Waals surface area contributed by atoms with Crippen LogP contribution in [0.4, 0.5) is 4.39 Å². The lowest BCUT2D eigenvalue weighted by molar-refractivity contribution is -0.0271. The van der Waals surface area contributed by atoms with E-state index in [2.05, 4.69) is 25.1 Å². The molecule has 0 aliphatic carbocycles. The van der Waals surface area contributed by atoms with Crippen LogP contribution in [-0.4, -0.2) is 59.2 Å². The summed E-state index contributed by atoms with van der Waals surface area (Å²) in [5.74, 6) is -0.413. The van der Waals surface area contributed by atoms with Crippen molar-refractivity contribution in [2.45, 2.75) is 38.1 Å².